The molecule has 0 aliphatic heterocycles. The van der Waals surface area contributed by atoms with Crippen molar-refractivity contribution in [3.05, 3.63) is 29.8 Å². The zero-order chi connectivity index (χ0) is 17.2. The quantitative estimate of drug-likeness (QED) is 0.369. The molecule has 0 aliphatic carbocycles. The van der Waals surface area contributed by atoms with E-state index < -0.39 is 17.7 Å². The van der Waals surface area contributed by atoms with Gasteiger partial charge in [0.2, 0.25) is 0 Å². The van der Waals surface area contributed by atoms with Gasteiger partial charge in [0, 0.05) is 6.04 Å². The summed E-state index contributed by atoms with van der Waals surface area (Å²) in [6, 6.07) is 6.58. The molecule has 1 aromatic rings. The summed E-state index contributed by atoms with van der Waals surface area (Å²) in [5.74, 6) is -1.73. The largest absolute Gasteiger partial charge is 0.484 e. The fourth-order valence-electron chi connectivity index (χ4n) is 1.45. The molecular formula is C15H20N4O4. The monoisotopic (exact) mass is 320 g/mol. The van der Waals surface area contributed by atoms with E-state index >= 15 is 0 Å². The molecule has 23 heavy (non-hydrogen) atoms. The molecule has 0 saturated carbocycles. The Hall–Kier alpha value is -2.90. The molecule has 0 saturated heterocycles. The first-order chi connectivity index (χ1) is 10.9. The Morgan fingerprint density at radius 2 is 2.09 bits per heavy atom. The first kappa shape index (κ1) is 18.1. The lowest BCUT2D eigenvalue weighted by molar-refractivity contribution is -0.139. The van der Waals surface area contributed by atoms with Crippen LogP contribution >= 0.6 is 0 Å². The van der Waals surface area contributed by atoms with Crippen LogP contribution in [0.5, 0.6) is 5.75 Å². The second-order valence-electron chi connectivity index (χ2n) is 4.81. The van der Waals surface area contributed by atoms with Gasteiger partial charge >= 0.3 is 11.8 Å². The Balaban J connectivity index is 2.54. The lowest BCUT2D eigenvalue weighted by Gasteiger charge is -2.09. The number of rotatable bonds is 7. The Bertz CT molecular complexity index is 601. The van der Waals surface area contributed by atoms with Gasteiger partial charge in [0.1, 0.15) is 5.75 Å². The molecule has 0 unspecified atom stereocenters. The van der Waals surface area contributed by atoms with Crippen molar-refractivity contribution in [3.63, 3.8) is 0 Å². The average molecular weight is 320 g/mol. The number of benzene rings is 1. The van der Waals surface area contributed by atoms with Crippen LogP contribution in [-0.2, 0) is 14.4 Å². The highest BCUT2D eigenvalue weighted by Crippen LogP contribution is 2.11. The Labute approximate surface area is 134 Å². The van der Waals surface area contributed by atoms with E-state index in [0.717, 1.165) is 6.42 Å². The second-order valence-corrected chi connectivity index (χ2v) is 4.81. The molecule has 0 radical (unpaired) electrons. The number of nitrogens with one attached hydrogen (secondary N) is 2. The number of hydrogen-bond acceptors (Lipinski definition) is 5. The number of nitrogens with zero attached hydrogens (tertiary/aromatic N) is 1. The van der Waals surface area contributed by atoms with Gasteiger partial charge in [-0.15, -0.1) is 0 Å². The van der Waals surface area contributed by atoms with Crippen LogP contribution in [0, 0.1) is 0 Å². The van der Waals surface area contributed by atoms with Gasteiger partial charge in [-0.05, 0) is 31.0 Å². The number of primary amides is 1. The van der Waals surface area contributed by atoms with E-state index in [1.54, 1.807) is 31.2 Å². The van der Waals surface area contributed by atoms with Gasteiger partial charge in [0.25, 0.3) is 5.91 Å². The zero-order valence-corrected chi connectivity index (χ0v) is 13.0. The van der Waals surface area contributed by atoms with Crippen LogP contribution < -0.4 is 21.2 Å². The van der Waals surface area contributed by atoms with Crippen LogP contribution in [0.25, 0.3) is 0 Å². The summed E-state index contributed by atoms with van der Waals surface area (Å²) in [7, 11) is 0. The number of nitrogens with two attached hydrogens (primary N) is 1. The topological polar surface area (TPSA) is 123 Å². The predicted molar refractivity (Wildman–Crippen MR) is 84.8 cm³/mol. The van der Waals surface area contributed by atoms with E-state index in [2.05, 4.69) is 15.8 Å². The summed E-state index contributed by atoms with van der Waals surface area (Å²) >= 11 is 0. The summed E-state index contributed by atoms with van der Waals surface area (Å²) in [6.45, 7) is 3.47. The Morgan fingerprint density at radius 3 is 2.74 bits per heavy atom. The predicted octanol–water partition coefficient (Wildman–Crippen LogP) is -0.0845. The van der Waals surface area contributed by atoms with E-state index in [1.807, 2.05) is 6.92 Å². The molecule has 0 spiro atoms. The lowest BCUT2D eigenvalue weighted by atomic mass is 10.2. The minimum Gasteiger partial charge on any atom is -0.484 e. The molecule has 0 heterocycles. The van der Waals surface area contributed by atoms with Crippen molar-refractivity contribution in [2.24, 2.45) is 10.8 Å². The van der Waals surface area contributed by atoms with Gasteiger partial charge in [-0.1, -0.05) is 19.1 Å². The van der Waals surface area contributed by atoms with Gasteiger partial charge in [-0.25, -0.2) is 5.43 Å². The normalized spacial score (nSPS) is 11.7. The molecular weight excluding hydrogens is 300 g/mol. The standard InChI is InChI=1S/C15H20N4O4/c1-3-10(2)18-14(21)15(22)19-17-8-11-5-4-6-12(7-11)23-9-13(16)20/h4-8,10H,3,9H2,1-2H3,(H2,16,20)(H,18,21)(H,19,22)/b17-8-/t10-/m1/s1. The molecule has 4 N–H and O–H groups in total. The van der Waals surface area contributed by atoms with Crippen molar-refractivity contribution in [1.29, 1.82) is 0 Å². The zero-order valence-electron chi connectivity index (χ0n) is 13.0. The Kier molecular flexibility index (Phi) is 7.25. The number of carbonyl (C=O) groups is 3. The number of carbonyl (C=O) groups excluding carboxylic acids is 3. The molecule has 1 rings (SSSR count). The molecule has 0 aliphatic rings. The van der Waals surface area contributed by atoms with Crippen LogP contribution in [0.3, 0.4) is 0 Å². The maximum Gasteiger partial charge on any atom is 0.329 e. The van der Waals surface area contributed by atoms with Gasteiger partial charge in [-0.2, -0.15) is 5.10 Å². The maximum absolute atomic E-state index is 11.5. The van der Waals surface area contributed by atoms with Crippen molar-refractivity contribution in [3.8, 4) is 5.75 Å². The number of amides is 3. The van der Waals surface area contributed by atoms with Crippen molar-refractivity contribution < 1.29 is 19.1 Å². The van der Waals surface area contributed by atoms with Crippen molar-refractivity contribution >= 4 is 23.9 Å². The van der Waals surface area contributed by atoms with Crippen molar-refractivity contribution in [2.45, 2.75) is 26.3 Å². The third kappa shape index (κ3) is 7.07. The highest BCUT2D eigenvalue weighted by atomic mass is 16.5. The van der Waals surface area contributed by atoms with Crippen LogP contribution in [0.2, 0.25) is 0 Å². The third-order valence-corrected chi connectivity index (χ3v) is 2.81. The van der Waals surface area contributed by atoms with Gasteiger partial charge < -0.3 is 15.8 Å². The van der Waals surface area contributed by atoms with Gasteiger partial charge in [0.15, 0.2) is 6.61 Å². The molecule has 3 amide bonds. The lowest BCUT2D eigenvalue weighted by Crippen LogP contribution is -2.41. The van der Waals surface area contributed by atoms with Crippen LogP contribution in [0.15, 0.2) is 29.4 Å². The maximum atomic E-state index is 11.5. The third-order valence-electron chi connectivity index (χ3n) is 2.81. The minimum atomic E-state index is -0.845. The molecule has 0 bridgehead atoms. The molecule has 8 nitrogen and oxygen atoms in total. The fraction of sp³-hybridized carbons (Fsp3) is 0.333. The highest BCUT2D eigenvalue weighted by molar-refractivity contribution is 6.35. The molecule has 8 heteroatoms. The van der Waals surface area contributed by atoms with Gasteiger partial charge in [0.05, 0.1) is 6.21 Å². The molecule has 0 aromatic heterocycles. The number of ether oxygens (including phenoxy) is 1. The van der Waals surface area contributed by atoms with Crippen LogP contribution in [0.4, 0.5) is 0 Å². The summed E-state index contributed by atoms with van der Waals surface area (Å²) < 4.78 is 5.14. The number of hydrazone groups is 1. The van der Waals surface area contributed by atoms with E-state index in [1.165, 1.54) is 6.21 Å². The summed E-state index contributed by atoms with van der Waals surface area (Å²) in [4.78, 5) is 33.7. The van der Waals surface area contributed by atoms with E-state index in [0.29, 0.717) is 11.3 Å². The highest BCUT2D eigenvalue weighted by Gasteiger charge is 2.14. The average Bonchev–Trinajstić information content (AvgIpc) is 2.53. The molecule has 124 valence electrons. The van der Waals surface area contributed by atoms with Crippen molar-refractivity contribution in [2.75, 3.05) is 6.61 Å². The van der Waals surface area contributed by atoms with E-state index in [4.69, 9.17) is 10.5 Å². The SMILES string of the molecule is CC[C@@H](C)NC(=O)C(=O)N/N=C\c1cccc(OCC(N)=O)c1. The number of hydrogen-bond donors (Lipinski definition) is 3. The minimum absolute atomic E-state index is 0.0867. The Morgan fingerprint density at radius 1 is 1.35 bits per heavy atom. The van der Waals surface area contributed by atoms with Crippen LogP contribution in [0.1, 0.15) is 25.8 Å². The van der Waals surface area contributed by atoms with E-state index in [-0.39, 0.29) is 12.6 Å². The summed E-state index contributed by atoms with van der Waals surface area (Å²) in [5, 5.41) is 6.23. The fourth-order valence-corrected chi connectivity index (χ4v) is 1.45. The molecule has 1 atom stereocenters. The van der Waals surface area contributed by atoms with Crippen molar-refractivity contribution in [1.82, 2.24) is 10.7 Å². The molecule has 1 aromatic carbocycles. The van der Waals surface area contributed by atoms with E-state index in [9.17, 15) is 14.4 Å². The smallest absolute Gasteiger partial charge is 0.329 e. The van der Waals surface area contributed by atoms with Gasteiger partial charge in [-0.3, -0.25) is 14.4 Å². The summed E-state index contributed by atoms with van der Waals surface area (Å²) in [5.41, 5.74) is 7.74. The second kappa shape index (κ2) is 9.19. The first-order valence-electron chi connectivity index (χ1n) is 7.07. The summed E-state index contributed by atoms with van der Waals surface area (Å²) in [6.07, 6.45) is 2.08. The molecule has 0 fully saturated rings. The van der Waals surface area contributed by atoms with Crippen LogP contribution in [-0.4, -0.2) is 36.6 Å². The first-order valence-corrected chi connectivity index (χ1v) is 7.07.